The summed E-state index contributed by atoms with van der Waals surface area (Å²) in [4.78, 5) is 4.37. The van der Waals surface area contributed by atoms with Crippen LogP contribution in [-0.2, 0) is 0 Å². The molecule has 1 aromatic heterocycles. The van der Waals surface area contributed by atoms with Crippen LogP contribution in [0, 0.1) is 12.7 Å². The number of hydrogen-bond acceptors (Lipinski definition) is 1. The highest BCUT2D eigenvalue weighted by atomic mass is 19.1. The molecule has 98 valence electrons. The second-order valence-corrected chi connectivity index (χ2v) is 4.72. The van der Waals surface area contributed by atoms with E-state index in [-0.39, 0.29) is 5.82 Å². The summed E-state index contributed by atoms with van der Waals surface area (Å²) in [6.07, 6.45) is 5.43. The molecular formula is C18H14FN. The monoisotopic (exact) mass is 263 g/mol. The van der Waals surface area contributed by atoms with Gasteiger partial charge in [0, 0.05) is 17.1 Å². The van der Waals surface area contributed by atoms with Gasteiger partial charge in [-0.3, -0.25) is 4.98 Å². The van der Waals surface area contributed by atoms with E-state index in [4.69, 9.17) is 0 Å². The van der Waals surface area contributed by atoms with Crippen molar-refractivity contribution in [3.8, 4) is 0 Å². The van der Waals surface area contributed by atoms with Crippen LogP contribution in [0.5, 0.6) is 0 Å². The summed E-state index contributed by atoms with van der Waals surface area (Å²) in [6.45, 7) is 1.90. The summed E-state index contributed by atoms with van der Waals surface area (Å²) in [5.41, 5.74) is 2.38. The van der Waals surface area contributed by atoms with Gasteiger partial charge < -0.3 is 0 Å². The Balaban J connectivity index is 2.07. The first-order valence-corrected chi connectivity index (χ1v) is 6.52. The van der Waals surface area contributed by atoms with E-state index in [9.17, 15) is 4.39 Å². The lowest BCUT2D eigenvalue weighted by Crippen LogP contribution is -1.87. The van der Waals surface area contributed by atoms with E-state index in [0.29, 0.717) is 5.56 Å². The third-order valence-electron chi connectivity index (χ3n) is 3.38. The Morgan fingerprint density at radius 3 is 2.65 bits per heavy atom. The molecule has 0 unspecified atom stereocenters. The predicted octanol–water partition coefficient (Wildman–Crippen LogP) is 4.85. The number of nitrogens with zero attached hydrogens (tertiary/aromatic N) is 1. The van der Waals surface area contributed by atoms with Crippen LogP contribution in [0.25, 0.3) is 22.9 Å². The van der Waals surface area contributed by atoms with E-state index in [1.807, 2.05) is 49.4 Å². The summed E-state index contributed by atoms with van der Waals surface area (Å²) in [5.74, 6) is -0.207. The van der Waals surface area contributed by atoms with Crippen LogP contribution in [0.15, 0.2) is 54.7 Å². The molecule has 0 aliphatic carbocycles. The van der Waals surface area contributed by atoms with Gasteiger partial charge in [0.1, 0.15) is 5.82 Å². The highest BCUT2D eigenvalue weighted by Gasteiger charge is 2.02. The number of aryl methyl sites for hydroxylation is 1. The Hall–Kier alpha value is -2.48. The Morgan fingerprint density at radius 1 is 0.950 bits per heavy atom. The minimum Gasteiger partial charge on any atom is -0.256 e. The average Bonchev–Trinajstić information content (AvgIpc) is 2.47. The number of aromatic nitrogens is 1. The maximum absolute atomic E-state index is 13.8. The van der Waals surface area contributed by atoms with Crippen LogP contribution in [0.2, 0.25) is 0 Å². The normalized spacial score (nSPS) is 11.3. The smallest absolute Gasteiger partial charge is 0.130 e. The second kappa shape index (κ2) is 5.25. The van der Waals surface area contributed by atoms with Gasteiger partial charge in [-0.2, -0.15) is 0 Å². The van der Waals surface area contributed by atoms with Crippen molar-refractivity contribution >= 4 is 22.9 Å². The molecule has 0 bridgehead atoms. The molecule has 20 heavy (non-hydrogen) atoms. The Labute approximate surface area is 117 Å². The van der Waals surface area contributed by atoms with Crippen LogP contribution in [0.4, 0.5) is 4.39 Å². The molecule has 0 atom stereocenters. The van der Waals surface area contributed by atoms with Crippen LogP contribution in [0.1, 0.15) is 16.8 Å². The lowest BCUT2D eigenvalue weighted by molar-refractivity contribution is 0.624. The van der Waals surface area contributed by atoms with Crippen molar-refractivity contribution in [1.29, 1.82) is 0 Å². The maximum Gasteiger partial charge on any atom is 0.130 e. The van der Waals surface area contributed by atoms with Gasteiger partial charge in [0.15, 0.2) is 0 Å². The molecule has 3 aromatic rings. The van der Waals surface area contributed by atoms with E-state index in [2.05, 4.69) is 4.98 Å². The van der Waals surface area contributed by atoms with Crippen LogP contribution in [0.3, 0.4) is 0 Å². The molecule has 0 aliphatic heterocycles. The molecule has 1 heterocycles. The first-order valence-electron chi connectivity index (χ1n) is 6.52. The number of benzene rings is 2. The van der Waals surface area contributed by atoms with Gasteiger partial charge in [-0.05, 0) is 42.2 Å². The number of hydrogen-bond donors (Lipinski definition) is 0. The van der Waals surface area contributed by atoms with Crippen molar-refractivity contribution in [2.45, 2.75) is 6.92 Å². The number of halogens is 1. The standard InChI is InChI=1S/C18H14FN/c1-13-5-4-8-17(19)15(13)9-10-18-16-7-3-2-6-14(16)11-12-20-18/h2-12H,1H3/b10-9+. The van der Waals surface area contributed by atoms with Gasteiger partial charge >= 0.3 is 0 Å². The Bertz CT molecular complexity index is 765. The minimum absolute atomic E-state index is 0.207. The summed E-state index contributed by atoms with van der Waals surface area (Å²) in [6, 6.07) is 15.1. The summed E-state index contributed by atoms with van der Waals surface area (Å²) in [7, 11) is 0. The van der Waals surface area contributed by atoms with E-state index in [1.165, 1.54) is 6.07 Å². The van der Waals surface area contributed by atoms with Gasteiger partial charge in [-0.25, -0.2) is 4.39 Å². The van der Waals surface area contributed by atoms with Gasteiger partial charge in [0.05, 0.1) is 5.69 Å². The molecular weight excluding hydrogens is 249 g/mol. The summed E-state index contributed by atoms with van der Waals surface area (Å²) < 4.78 is 13.8. The van der Waals surface area contributed by atoms with Crippen LogP contribution >= 0.6 is 0 Å². The Kier molecular flexibility index (Phi) is 3.30. The molecule has 0 saturated carbocycles. The molecule has 0 spiro atoms. The molecule has 2 aromatic carbocycles. The Morgan fingerprint density at radius 2 is 1.80 bits per heavy atom. The fraction of sp³-hybridized carbons (Fsp3) is 0.0556. The van der Waals surface area contributed by atoms with Gasteiger partial charge in [-0.1, -0.05) is 36.4 Å². The molecule has 0 radical (unpaired) electrons. The molecule has 0 aliphatic rings. The quantitative estimate of drug-likeness (QED) is 0.644. The maximum atomic E-state index is 13.8. The highest BCUT2D eigenvalue weighted by molar-refractivity contribution is 5.91. The third kappa shape index (κ3) is 2.32. The van der Waals surface area contributed by atoms with Crippen molar-refractivity contribution in [3.05, 3.63) is 77.4 Å². The second-order valence-electron chi connectivity index (χ2n) is 4.72. The van der Waals surface area contributed by atoms with Crippen molar-refractivity contribution in [1.82, 2.24) is 4.98 Å². The first kappa shape index (κ1) is 12.5. The number of fused-ring (bicyclic) bond motifs is 1. The van der Waals surface area contributed by atoms with Gasteiger partial charge in [-0.15, -0.1) is 0 Å². The summed E-state index contributed by atoms with van der Waals surface area (Å²) in [5, 5.41) is 2.20. The van der Waals surface area contributed by atoms with E-state index in [1.54, 1.807) is 18.3 Å². The van der Waals surface area contributed by atoms with Crippen molar-refractivity contribution in [2.24, 2.45) is 0 Å². The van der Waals surface area contributed by atoms with Gasteiger partial charge in [0.25, 0.3) is 0 Å². The third-order valence-corrected chi connectivity index (χ3v) is 3.38. The SMILES string of the molecule is Cc1cccc(F)c1/C=C/c1nccc2ccccc12. The average molecular weight is 263 g/mol. The summed E-state index contributed by atoms with van der Waals surface area (Å²) >= 11 is 0. The molecule has 3 rings (SSSR count). The van der Waals surface area contributed by atoms with E-state index < -0.39 is 0 Å². The minimum atomic E-state index is -0.207. The van der Waals surface area contributed by atoms with Crippen molar-refractivity contribution < 1.29 is 4.39 Å². The van der Waals surface area contributed by atoms with Crippen LogP contribution in [-0.4, -0.2) is 4.98 Å². The largest absolute Gasteiger partial charge is 0.256 e. The van der Waals surface area contributed by atoms with Crippen molar-refractivity contribution in [2.75, 3.05) is 0 Å². The lowest BCUT2D eigenvalue weighted by atomic mass is 10.1. The molecule has 0 N–H and O–H groups in total. The predicted molar refractivity (Wildman–Crippen MR) is 81.8 cm³/mol. The zero-order chi connectivity index (χ0) is 13.9. The lowest BCUT2D eigenvalue weighted by Gasteiger charge is -2.03. The highest BCUT2D eigenvalue weighted by Crippen LogP contribution is 2.20. The van der Waals surface area contributed by atoms with E-state index in [0.717, 1.165) is 22.0 Å². The van der Waals surface area contributed by atoms with Gasteiger partial charge in [0.2, 0.25) is 0 Å². The fourth-order valence-corrected chi connectivity index (χ4v) is 2.29. The molecule has 0 saturated heterocycles. The number of rotatable bonds is 2. The molecule has 0 amide bonds. The topological polar surface area (TPSA) is 12.9 Å². The zero-order valence-corrected chi connectivity index (χ0v) is 11.2. The fourth-order valence-electron chi connectivity index (χ4n) is 2.29. The van der Waals surface area contributed by atoms with E-state index >= 15 is 0 Å². The number of pyridine rings is 1. The molecule has 1 nitrogen and oxygen atoms in total. The zero-order valence-electron chi connectivity index (χ0n) is 11.2. The molecule has 2 heteroatoms. The van der Waals surface area contributed by atoms with Crippen LogP contribution < -0.4 is 0 Å². The van der Waals surface area contributed by atoms with Crippen molar-refractivity contribution in [3.63, 3.8) is 0 Å². The first-order chi connectivity index (χ1) is 9.75. The molecule has 0 fully saturated rings.